The molecule has 0 radical (unpaired) electrons. The normalized spacial score (nSPS) is 16.9. The minimum atomic E-state index is -2.02. The predicted molar refractivity (Wildman–Crippen MR) is 157 cm³/mol. The summed E-state index contributed by atoms with van der Waals surface area (Å²) >= 11 is 2.21. The van der Waals surface area contributed by atoms with E-state index in [0.717, 1.165) is 26.8 Å². The number of nitrogens with two attached hydrogens (primary N) is 1. The van der Waals surface area contributed by atoms with Gasteiger partial charge in [0.1, 0.15) is 6.04 Å². The Morgan fingerprint density at radius 1 is 1.20 bits per heavy atom. The van der Waals surface area contributed by atoms with Gasteiger partial charge < -0.3 is 30.2 Å². The molecule has 1 unspecified atom stereocenters. The van der Waals surface area contributed by atoms with Crippen molar-refractivity contribution in [2.45, 2.75) is 44.7 Å². The van der Waals surface area contributed by atoms with Crippen LogP contribution in [0, 0.1) is 0 Å². The van der Waals surface area contributed by atoms with E-state index >= 15 is 0 Å². The number of anilines is 2. The minimum Gasteiger partial charge on any atom is -0.405 e. The molecule has 4 rings (SSSR count). The van der Waals surface area contributed by atoms with Crippen molar-refractivity contribution in [2.75, 3.05) is 21.3 Å². The van der Waals surface area contributed by atoms with Crippen LogP contribution in [0.15, 0.2) is 65.2 Å². The standard InChI is InChI=1S/C27H32IN7O5/c1-3-30-27-33-32-25(40-27)21-20-8-5-4-7-18(20)15-34(21)26(39)23(37)22(36)24(38)31-16(2)17-9-11-19(12-10-17)35(29)14-6-13-28/h4-12,14,16,21-23,36-37H,3,13,15,29H2,1-2H3,(H,30,33)(H,31,38)/b14-6-/t16-,21?,22-,23-/m1/s1. The Balaban J connectivity index is 1.44. The fourth-order valence-electron chi connectivity index (χ4n) is 4.43. The second kappa shape index (κ2) is 13.2. The number of rotatable bonds is 11. The Morgan fingerprint density at radius 2 is 1.93 bits per heavy atom. The number of hydrogen-bond donors (Lipinski definition) is 5. The Kier molecular flexibility index (Phi) is 9.73. The maximum atomic E-state index is 13.4. The van der Waals surface area contributed by atoms with E-state index in [1.165, 1.54) is 9.91 Å². The van der Waals surface area contributed by atoms with Gasteiger partial charge in [-0.2, -0.15) is 0 Å². The summed E-state index contributed by atoms with van der Waals surface area (Å²) in [7, 11) is 0. The van der Waals surface area contributed by atoms with Crippen LogP contribution in [-0.2, 0) is 16.1 Å². The van der Waals surface area contributed by atoms with E-state index in [-0.39, 0.29) is 18.5 Å². The maximum Gasteiger partial charge on any atom is 0.315 e. The molecular formula is C27H32IN7O5. The highest BCUT2D eigenvalue weighted by molar-refractivity contribution is 14.1. The first-order valence-corrected chi connectivity index (χ1v) is 14.3. The molecule has 1 aliphatic heterocycles. The summed E-state index contributed by atoms with van der Waals surface area (Å²) in [6, 6.07) is 13.4. The largest absolute Gasteiger partial charge is 0.405 e. The van der Waals surface area contributed by atoms with Crippen molar-refractivity contribution in [3.05, 3.63) is 83.4 Å². The molecule has 0 saturated heterocycles. The molecule has 0 saturated carbocycles. The monoisotopic (exact) mass is 661 g/mol. The SMILES string of the molecule is CCNc1nnc(C2c3ccccc3CN2C(=O)[C@H](O)[C@@H](O)C(=O)N[C@H](C)c2ccc(N(N)/C=C\CI)cc2)o1. The summed E-state index contributed by atoms with van der Waals surface area (Å²) in [5, 5.41) is 36.6. The van der Waals surface area contributed by atoms with Gasteiger partial charge in [0.15, 0.2) is 12.2 Å². The third kappa shape index (κ3) is 6.43. The number of hydrazine groups is 1. The smallest absolute Gasteiger partial charge is 0.315 e. The second-order valence-electron chi connectivity index (χ2n) is 9.20. The molecule has 12 nitrogen and oxygen atoms in total. The van der Waals surface area contributed by atoms with Crippen LogP contribution in [-0.4, -0.2) is 60.3 Å². The average Bonchev–Trinajstić information content (AvgIpc) is 3.59. The molecule has 0 bridgehead atoms. The highest BCUT2D eigenvalue weighted by atomic mass is 127. The van der Waals surface area contributed by atoms with Gasteiger partial charge in [-0.25, -0.2) is 5.84 Å². The van der Waals surface area contributed by atoms with E-state index in [4.69, 9.17) is 10.3 Å². The number of halogens is 1. The van der Waals surface area contributed by atoms with Crippen LogP contribution >= 0.6 is 22.6 Å². The molecule has 1 aromatic heterocycles. The molecule has 0 fully saturated rings. The maximum absolute atomic E-state index is 13.4. The molecule has 212 valence electrons. The predicted octanol–water partition coefficient (Wildman–Crippen LogP) is 2.16. The number of nitrogens with one attached hydrogen (secondary N) is 2. The number of fused-ring (bicyclic) bond motifs is 1. The average molecular weight is 662 g/mol. The number of aromatic nitrogens is 2. The number of aliphatic hydroxyl groups excluding tert-OH is 2. The van der Waals surface area contributed by atoms with Crippen molar-refractivity contribution in [1.82, 2.24) is 20.4 Å². The van der Waals surface area contributed by atoms with Crippen molar-refractivity contribution in [3.63, 3.8) is 0 Å². The van der Waals surface area contributed by atoms with Gasteiger partial charge in [-0.3, -0.25) is 14.6 Å². The summed E-state index contributed by atoms with van der Waals surface area (Å²) < 4.78 is 6.53. The number of allylic oxidation sites excluding steroid dienone is 1. The van der Waals surface area contributed by atoms with E-state index in [9.17, 15) is 19.8 Å². The van der Waals surface area contributed by atoms with Gasteiger partial charge in [-0.15, -0.1) is 5.10 Å². The van der Waals surface area contributed by atoms with Gasteiger partial charge in [0.2, 0.25) is 5.89 Å². The number of amides is 2. The van der Waals surface area contributed by atoms with Crippen molar-refractivity contribution >= 4 is 46.1 Å². The van der Waals surface area contributed by atoms with Crippen LogP contribution in [0.3, 0.4) is 0 Å². The van der Waals surface area contributed by atoms with Crippen LogP contribution < -0.4 is 21.5 Å². The van der Waals surface area contributed by atoms with Crippen LogP contribution in [0.5, 0.6) is 0 Å². The number of carbonyl (C=O) groups is 2. The lowest BCUT2D eigenvalue weighted by Crippen LogP contribution is -2.50. The fraction of sp³-hybridized carbons (Fsp3) is 0.333. The third-order valence-corrected chi connectivity index (χ3v) is 7.02. The second-order valence-corrected chi connectivity index (χ2v) is 10.1. The number of nitrogens with zero attached hydrogens (tertiary/aromatic N) is 4. The first-order chi connectivity index (χ1) is 19.2. The molecule has 0 spiro atoms. The molecule has 0 aliphatic carbocycles. The van der Waals surface area contributed by atoms with Gasteiger partial charge in [0.25, 0.3) is 11.8 Å². The van der Waals surface area contributed by atoms with E-state index in [2.05, 4.69) is 43.4 Å². The van der Waals surface area contributed by atoms with E-state index < -0.39 is 36.1 Å². The molecule has 40 heavy (non-hydrogen) atoms. The zero-order chi connectivity index (χ0) is 28.8. The Hall–Kier alpha value is -3.53. The first kappa shape index (κ1) is 29.5. The lowest BCUT2D eigenvalue weighted by Gasteiger charge is -2.27. The van der Waals surface area contributed by atoms with E-state index in [1.54, 1.807) is 37.4 Å². The molecule has 6 N–H and O–H groups in total. The molecule has 13 heteroatoms. The molecule has 1 aliphatic rings. The highest BCUT2D eigenvalue weighted by Crippen LogP contribution is 2.38. The molecule has 2 heterocycles. The lowest BCUT2D eigenvalue weighted by molar-refractivity contribution is -0.154. The zero-order valence-electron chi connectivity index (χ0n) is 22.1. The Morgan fingerprint density at radius 3 is 2.62 bits per heavy atom. The molecular weight excluding hydrogens is 629 g/mol. The topological polar surface area (TPSA) is 170 Å². The first-order valence-electron chi connectivity index (χ1n) is 12.7. The number of hydrogen-bond acceptors (Lipinski definition) is 10. The Labute approximate surface area is 245 Å². The summed E-state index contributed by atoms with van der Waals surface area (Å²) in [6.45, 7) is 4.31. The molecule has 2 amide bonds. The van der Waals surface area contributed by atoms with E-state index in [0.29, 0.717) is 6.54 Å². The summed E-state index contributed by atoms with van der Waals surface area (Å²) in [5.74, 6) is 4.42. The van der Waals surface area contributed by atoms with E-state index in [1.807, 2.05) is 37.3 Å². The quantitative estimate of drug-likeness (QED) is 0.0889. The third-order valence-electron chi connectivity index (χ3n) is 6.51. The highest BCUT2D eigenvalue weighted by Gasteiger charge is 2.43. The van der Waals surface area contributed by atoms with Gasteiger partial charge >= 0.3 is 6.01 Å². The number of benzene rings is 2. The van der Waals surface area contributed by atoms with Gasteiger partial charge in [0.05, 0.1) is 11.7 Å². The molecule has 3 aromatic rings. The van der Waals surface area contributed by atoms with Gasteiger partial charge in [-0.1, -0.05) is 70.2 Å². The lowest BCUT2D eigenvalue weighted by atomic mass is 10.0. The number of alkyl halides is 1. The molecule has 2 aromatic carbocycles. The van der Waals surface area contributed by atoms with Crippen LogP contribution in [0.25, 0.3) is 0 Å². The fourth-order valence-corrected chi connectivity index (χ4v) is 4.66. The van der Waals surface area contributed by atoms with Crippen LogP contribution in [0.2, 0.25) is 0 Å². The summed E-state index contributed by atoms with van der Waals surface area (Å²) in [6.07, 6.45) is -0.351. The van der Waals surface area contributed by atoms with Crippen LogP contribution in [0.1, 0.15) is 48.5 Å². The summed E-state index contributed by atoms with van der Waals surface area (Å²) in [4.78, 5) is 27.6. The van der Waals surface area contributed by atoms with Crippen molar-refractivity contribution in [2.24, 2.45) is 5.84 Å². The van der Waals surface area contributed by atoms with Gasteiger partial charge in [-0.05, 0) is 42.7 Å². The zero-order valence-corrected chi connectivity index (χ0v) is 24.2. The van der Waals surface area contributed by atoms with Crippen molar-refractivity contribution in [3.8, 4) is 0 Å². The Bertz CT molecular complexity index is 1350. The van der Waals surface area contributed by atoms with Crippen molar-refractivity contribution in [1.29, 1.82) is 0 Å². The van der Waals surface area contributed by atoms with Crippen LogP contribution in [0.4, 0.5) is 11.7 Å². The number of aliphatic hydroxyl groups is 2. The van der Waals surface area contributed by atoms with Crippen molar-refractivity contribution < 1.29 is 24.2 Å². The number of carbonyl (C=O) groups excluding carboxylic acids is 2. The van der Waals surface area contributed by atoms with Gasteiger partial charge in [0, 0.05) is 23.7 Å². The minimum absolute atomic E-state index is 0.137. The summed E-state index contributed by atoms with van der Waals surface area (Å²) in [5.41, 5.74) is 3.09. The molecule has 4 atom stereocenters.